The van der Waals surface area contributed by atoms with E-state index in [-0.39, 0.29) is 5.82 Å². The van der Waals surface area contributed by atoms with Crippen LogP contribution in [0.3, 0.4) is 0 Å². The topological polar surface area (TPSA) is 47.0 Å². The third-order valence-electron chi connectivity index (χ3n) is 2.45. The Labute approximate surface area is 98.5 Å². The summed E-state index contributed by atoms with van der Waals surface area (Å²) in [6, 6.07) is 4.39. The second kappa shape index (κ2) is 4.78. The van der Waals surface area contributed by atoms with Gasteiger partial charge in [-0.2, -0.15) is 10.2 Å². The average Bonchev–Trinajstić information content (AvgIpc) is 2.38. The van der Waals surface area contributed by atoms with Crippen LogP contribution in [-0.2, 0) is 0 Å². The quantitative estimate of drug-likeness (QED) is 0.883. The Bertz CT molecular complexity index is 531. The van der Waals surface area contributed by atoms with Gasteiger partial charge in [-0.15, -0.1) is 0 Å². The number of nitrogens with zero attached hydrogens (tertiary/aromatic N) is 2. The summed E-state index contributed by atoms with van der Waals surface area (Å²) < 4.78 is 18.3. The Morgan fingerprint density at radius 1 is 1.18 bits per heavy atom. The third-order valence-corrected chi connectivity index (χ3v) is 2.45. The van der Waals surface area contributed by atoms with E-state index >= 15 is 0 Å². The van der Waals surface area contributed by atoms with E-state index in [4.69, 9.17) is 4.74 Å². The third kappa shape index (κ3) is 2.18. The fraction of sp³-hybridized carbons (Fsp3) is 0.167. The Hall–Kier alpha value is -2.17. The van der Waals surface area contributed by atoms with E-state index in [1.807, 2.05) is 0 Å². The van der Waals surface area contributed by atoms with Crippen molar-refractivity contribution in [3.8, 4) is 16.9 Å². The van der Waals surface area contributed by atoms with Crippen LogP contribution >= 0.6 is 0 Å². The van der Waals surface area contributed by atoms with Gasteiger partial charge >= 0.3 is 0 Å². The first-order valence-corrected chi connectivity index (χ1v) is 5.08. The summed E-state index contributed by atoms with van der Waals surface area (Å²) in [6.07, 6.45) is 3.22. The Morgan fingerprint density at radius 2 is 1.94 bits per heavy atom. The molecule has 0 unspecified atom stereocenters. The van der Waals surface area contributed by atoms with Gasteiger partial charge < -0.3 is 10.1 Å². The molecule has 0 saturated heterocycles. The molecule has 1 aromatic heterocycles. The molecule has 0 atom stereocenters. The van der Waals surface area contributed by atoms with E-state index in [9.17, 15) is 4.39 Å². The van der Waals surface area contributed by atoms with Gasteiger partial charge in [-0.1, -0.05) is 0 Å². The van der Waals surface area contributed by atoms with Crippen LogP contribution in [0, 0.1) is 5.82 Å². The second-order valence-corrected chi connectivity index (χ2v) is 3.41. The van der Waals surface area contributed by atoms with Gasteiger partial charge in [0.2, 0.25) is 0 Å². The summed E-state index contributed by atoms with van der Waals surface area (Å²) in [5.41, 5.74) is 2.40. The maximum atomic E-state index is 13.1. The van der Waals surface area contributed by atoms with Crippen molar-refractivity contribution in [2.45, 2.75) is 0 Å². The summed E-state index contributed by atoms with van der Waals surface area (Å²) in [7, 11) is 3.29. The lowest BCUT2D eigenvalue weighted by molar-refractivity contribution is 0.413. The van der Waals surface area contributed by atoms with Crippen molar-refractivity contribution in [1.29, 1.82) is 0 Å². The monoisotopic (exact) mass is 233 g/mol. The lowest BCUT2D eigenvalue weighted by atomic mass is 10.1. The Morgan fingerprint density at radius 3 is 2.65 bits per heavy atom. The molecule has 0 spiro atoms. The number of nitrogens with one attached hydrogen (secondary N) is 1. The minimum atomic E-state index is -0.335. The van der Waals surface area contributed by atoms with Crippen molar-refractivity contribution in [2.24, 2.45) is 0 Å². The van der Waals surface area contributed by atoms with Crippen LogP contribution < -0.4 is 10.1 Å². The van der Waals surface area contributed by atoms with E-state index < -0.39 is 0 Å². The molecule has 2 rings (SSSR count). The largest absolute Gasteiger partial charge is 0.496 e. The van der Waals surface area contributed by atoms with E-state index in [1.165, 1.54) is 19.2 Å². The Kier molecular flexibility index (Phi) is 3.18. The van der Waals surface area contributed by atoms with E-state index in [0.29, 0.717) is 5.75 Å². The number of hydrogen-bond acceptors (Lipinski definition) is 4. The standard InChI is InChI=1S/C12H12FN3O/c1-14-11-7-16-15-6-10(11)9-4-3-8(13)5-12(9)17-2/h3-7H,1-2H3,(H,14,15). The highest BCUT2D eigenvalue weighted by molar-refractivity contribution is 5.80. The van der Waals surface area contributed by atoms with E-state index in [0.717, 1.165) is 16.8 Å². The summed E-state index contributed by atoms with van der Waals surface area (Å²) in [6.45, 7) is 0. The van der Waals surface area contributed by atoms with Crippen molar-refractivity contribution in [1.82, 2.24) is 10.2 Å². The maximum absolute atomic E-state index is 13.1. The molecule has 1 aromatic carbocycles. The molecule has 0 aliphatic heterocycles. The van der Waals surface area contributed by atoms with Gasteiger partial charge in [-0.25, -0.2) is 4.39 Å². The first kappa shape index (κ1) is 11.3. The summed E-state index contributed by atoms with van der Waals surface area (Å²) in [5, 5.41) is 10.6. The normalized spacial score (nSPS) is 10.1. The highest BCUT2D eigenvalue weighted by Crippen LogP contribution is 2.34. The zero-order chi connectivity index (χ0) is 12.3. The lowest BCUT2D eigenvalue weighted by Crippen LogP contribution is -1.96. The maximum Gasteiger partial charge on any atom is 0.129 e. The van der Waals surface area contributed by atoms with Crippen LogP contribution in [0.2, 0.25) is 0 Å². The zero-order valence-electron chi connectivity index (χ0n) is 9.57. The lowest BCUT2D eigenvalue weighted by Gasteiger charge is -2.11. The smallest absolute Gasteiger partial charge is 0.129 e. The van der Waals surface area contributed by atoms with E-state index in [1.54, 1.807) is 25.5 Å². The molecule has 0 radical (unpaired) electrons. The van der Waals surface area contributed by atoms with Crippen molar-refractivity contribution < 1.29 is 9.13 Å². The van der Waals surface area contributed by atoms with Crippen LogP contribution in [0.4, 0.5) is 10.1 Å². The fourth-order valence-electron chi connectivity index (χ4n) is 1.62. The molecule has 0 aliphatic rings. The van der Waals surface area contributed by atoms with Gasteiger partial charge in [0.1, 0.15) is 11.6 Å². The first-order chi connectivity index (χ1) is 8.26. The van der Waals surface area contributed by atoms with Crippen molar-refractivity contribution in [2.75, 3.05) is 19.5 Å². The molecule has 5 heteroatoms. The highest BCUT2D eigenvalue weighted by Gasteiger charge is 2.11. The van der Waals surface area contributed by atoms with Crippen LogP contribution in [0.5, 0.6) is 5.75 Å². The molecule has 0 saturated carbocycles. The summed E-state index contributed by atoms with van der Waals surface area (Å²) in [4.78, 5) is 0. The predicted molar refractivity (Wildman–Crippen MR) is 63.5 cm³/mol. The van der Waals surface area contributed by atoms with Crippen LogP contribution in [-0.4, -0.2) is 24.4 Å². The number of anilines is 1. The Balaban J connectivity index is 2.59. The molecule has 1 N–H and O–H groups in total. The number of hydrogen-bond donors (Lipinski definition) is 1. The molecule has 0 aliphatic carbocycles. The highest BCUT2D eigenvalue weighted by atomic mass is 19.1. The number of methoxy groups -OCH3 is 1. The van der Waals surface area contributed by atoms with Crippen LogP contribution in [0.25, 0.3) is 11.1 Å². The molecular weight excluding hydrogens is 221 g/mol. The zero-order valence-corrected chi connectivity index (χ0v) is 9.57. The van der Waals surface area contributed by atoms with Gasteiger partial charge in [-0.05, 0) is 12.1 Å². The number of aromatic nitrogens is 2. The number of ether oxygens (including phenoxy) is 1. The molecule has 0 amide bonds. The molecule has 17 heavy (non-hydrogen) atoms. The SMILES string of the molecule is CNc1cnncc1-c1ccc(F)cc1OC. The van der Waals surface area contributed by atoms with Gasteiger partial charge in [0.15, 0.2) is 0 Å². The number of halogens is 1. The van der Waals surface area contributed by atoms with Crippen molar-refractivity contribution >= 4 is 5.69 Å². The minimum absolute atomic E-state index is 0.335. The molecule has 4 nitrogen and oxygen atoms in total. The van der Waals surface area contributed by atoms with Gasteiger partial charge in [0, 0.05) is 24.2 Å². The molecule has 1 heterocycles. The van der Waals surface area contributed by atoms with Crippen molar-refractivity contribution in [3.63, 3.8) is 0 Å². The first-order valence-electron chi connectivity index (χ1n) is 5.08. The average molecular weight is 233 g/mol. The fourth-order valence-corrected chi connectivity index (χ4v) is 1.62. The predicted octanol–water partition coefficient (Wildman–Crippen LogP) is 2.33. The molecular formula is C12H12FN3O. The minimum Gasteiger partial charge on any atom is -0.496 e. The van der Waals surface area contributed by atoms with Gasteiger partial charge in [-0.3, -0.25) is 0 Å². The van der Waals surface area contributed by atoms with Gasteiger partial charge in [0.05, 0.1) is 25.2 Å². The van der Waals surface area contributed by atoms with Gasteiger partial charge in [0.25, 0.3) is 0 Å². The number of rotatable bonds is 3. The summed E-state index contributed by atoms with van der Waals surface area (Å²) >= 11 is 0. The number of benzene rings is 1. The second-order valence-electron chi connectivity index (χ2n) is 3.41. The van der Waals surface area contributed by atoms with Crippen LogP contribution in [0.1, 0.15) is 0 Å². The molecule has 88 valence electrons. The van der Waals surface area contributed by atoms with Crippen LogP contribution in [0.15, 0.2) is 30.6 Å². The molecule has 2 aromatic rings. The van der Waals surface area contributed by atoms with E-state index in [2.05, 4.69) is 15.5 Å². The summed E-state index contributed by atoms with van der Waals surface area (Å²) in [5.74, 6) is 0.133. The van der Waals surface area contributed by atoms with Crippen molar-refractivity contribution in [3.05, 3.63) is 36.4 Å². The molecule has 0 bridgehead atoms. The molecule has 0 fully saturated rings.